The number of anilines is 1. The zero-order chi connectivity index (χ0) is 14.3. The molecule has 106 valence electrons. The van der Waals surface area contributed by atoms with Crippen molar-refractivity contribution in [3.8, 4) is 0 Å². The van der Waals surface area contributed by atoms with Crippen LogP contribution < -0.4 is 15.5 Å². The second-order valence-corrected chi connectivity index (χ2v) is 4.80. The van der Waals surface area contributed by atoms with Gasteiger partial charge in [-0.3, -0.25) is 0 Å². The molecule has 3 N–H and O–H groups in total. The summed E-state index contributed by atoms with van der Waals surface area (Å²) >= 11 is 0. The Kier molecular flexibility index (Phi) is 6.15. The summed E-state index contributed by atoms with van der Waals surface area (Å²) in [6.07, 6.45) is 0.559. The summed E-state index contributed by atoms with van der Waals surface area (Å²) in [5.41, 5.74) is 2.16. The van der Waals surface area contributed by atoms with Crippen LogP contribution >= 0.6 is 0 Å². The molecule has 0 spiro atoms. The monoisotopic (exact) mass is 265 g/mol. The van der Waals surface area contributed by atoms with Crippen molar-refractivity contribution in [2.24, 2.45) is 0 Å². The fraction of sp³-hybridized carbons (Fsp3) is 0.500. The summed E-state index contributed by atoms with van der Waals surface area (Å²) in [4.78, 5) is 13.6. The summed E-state index contributed by atoms with van der Waals surface area (Å²) in [6.45, 7) is 2.42. The van der Waals surface area contributed by atoms with Gasteiger partial charge in [0.1, 0.15) is 0 Å². The second-order valence-electron chi connectivity index (χ2n) is 4.80. The number of amides is 2. The van der Waals surface area contributed by atoms with E-state index in [2.05, 4.69) is 10.6 Å². The topological polar surface area (TPSA) is 64.6 Å². The maximum atomic E-state index is 11.6. The normalized spacial score (nSPS) is 11.8. The van der Waals surface area contributed by atoms with E-state index in [1.807, 2.05) is 50.2 Å². The van der Waals surface area contributed by atoms with Crippen molar-refractivity contribution < 1.29 is 9.90 Å². The number of hydrogen-bond acceptors (Lipinski definition) is 3. The number of rotatable bonds is 6. The summed E-state index contributed by atoms with van der Waals surface area (Å²) in [7, 11) is 3.96. The number of aliphatic hydroxyl groups is 1. The van der Waals surface area contributed by atoms with Crippen LogP contribution in [0.3, 0.4) is 0 Å². The van der Waals surface area contributed by atoms with Crippen LogP contribution in [0.15, 0.2) is 24.3 Å². The molecule has 0 aliphatic rings. The molecule has 1 rings (SSSR count). The summed E-state index contributed by atoms with van der Waals surface area (Å²) in [5.74, 6) is 0. The van der Waals surface area contributed by atoms with Crippen molar-refractivity contribution in [1.82, 2.24) is 10.6 Å². The van der Waals surface area contributed by atoms with Crippen LogP contribution in [0.4, 0.5) is 10.5 Å². The Hall–Kier alpha value is -1.75. The molecule has 0 aliphatic carbocycles. The number of urea groups is 1. The molecule has 0 heterocycles. The lowest BCUT2D eigenvalue weighted by Crippen LogP contribution is -2.40. The highest BCUT2D eigenvalue weighted by Gasteiger charge is 2.06. The minimum Gasteiger partial charge on any atom is -0.396 e. The predicted molar refractivity (Wildman–Crippen MR) is 77.3 cm³/mol. The summed E-state index contributed by atoms with van der Waals surface area (Å²) < 4.78 is 0. The first kappa shape index (κ1) is 15.3. The predicted octanol–water partition coefficient (Wildman–Crippen LogP) is 1.32. The number of aliphatic hydroxyl groups excluding tert-OH is 1. The molecule has 19 heavy (non-hydrogen) atoms. The van der Waals surface area contributed by atoms with Gasteiger partial charge in [0.25, 0.3) is 0 Å². The van der Waals surface area contributed by atoms with Crippen molar-refractivity contribution in [1.29, 1.82) is 0 Å². The maximum Gasteiger partial charge on any atom is 0.315 e. The van der Waals surface area contributed by atoms with Gasteiger partial charge in [-0.2, -0.15) is 0 Å². The largest absolute Gasteiger partial charge is 0.396 e. The Labute approximate surface area is 114 Å². The van der Waals surface area contributed by atoms with Gasteiger partial charge in [0.15, 0.2) is 0 Å². The number of carbonyl (C=O) groups excluding carboxylic acids is 1. The van der Waals surface area contributed by atoms with E-state index in [4.69, 9.17) is 5.11 Å². The molecule has 5 nitrogen and oxygen atoms in total. The lowest BCUT2D eigenvalue weighted by Gasteiger charge is -2.15. The molecule has 5 heteroatoms. The van der Waals surface area contributed by atoms with Crippen molar-refractivity contribution in [2.45, 2.75) is 25.9 Å². The zero-order valence-corrected chi connectivity index (χ0v) is 11.8. The van der Waals surface area contributed by atoms with E-state index in [1.54, 1.807) is 0 Å². The van der Waals surface area contributed by atoms with E-state index in [0.29, 0.717) is 13.0 Å². The highest BCUT2D eigenvalue weighted by Crippen LogP contribution is 2.12. The molecular weight excluding hydrogens is 242 g/mol. The molecule has 1 aromatic carbocycles. The van der Waals surface area contributed by atoms with E-state index in [-0.39, 0.29) is 18.7 Å². The van der Waals surface area contributed by atoms with E-state index >= 15 is 0 Å². The highest BCUT2D eigenvalue weighted by atomic mass is 16.3. The average Bonchev–Trinajstić information content (AvgIpc) is 2.37. The van der Waals surface area contributed by atoms with E-state index in [0.717, 1.165) is 11.3 Å². The lowest BCUT2D eigenvalue weighted by molar-refractivity contribution is 0.230. The van der Waals surface area contributed by atoms with Crippen molar-refractivity contribution in [3.05, 3.63) is 29.8 Å². The Morgan fingerprint density at radius 2 is 2.16 bits per heavy atom. The minimum atomic E-state index is -0.212. The van der Waals surface area contributed by atoms with Crippen LogP contribution in [0.5, 0.6) is 0 Å². The van der Waals surface area contributed by atoms with Crippen LogP contribution in [0.25, 0.3) is 0 Å². The Morgan fingerprint density at radius 3 is 2.79 bits per heavy atom. The maximum absolute atomic E-state index is 11.6. The first-order chi connectivity index (χ1) is 9.02. The molecule has 0 fully saturated rings. The van der Waals surface area contributed by atoms with E-state index in [1.165, 1.54) is 0 Å². The molecule has 1 aromatic rings. The third-order valence-corrected chi connectivity index (χ3v) is 2.82. The number of nitrogens with one attached hydrogen (secondary N) is 2. The van der Waals surface area contributed by atoms with Gasteiger partial charge in [-0.05, 0) is 31.0 Å². The van der Waals surface area contributed by atoms with Crippen molar-refractivity contribution in [3.63, 3.8) is 0 Å². The molecule has 0 unspecified atom stereocenters. The SMILES string of the molecule is C[C@H](CCO)NC(=O)NCc1cccc(N(C)C)c1. The number of carbonyl (C=O) groups is 1. The van der Waals surface area contributed by atoms with E-state index < -0.39 is 0 Å². The van der Waals surface area contributed by atoms with Gasteiger partial charge < -0.3 is 20.6 Å². The van der Waals surface area contributed by atoms with Gasteiger partial charge in [-0.25, -0.2) is 4.79 Å². The van der Waals surface area contributed by atoms with Crippen molar-refractivity contribution >= 4 is 11.7 Å². The van der Waals surface area contributed by atoms with Crippen LogP contribution in [-0.2, 0) is 6.54 Å². The fourth-order valence-electron chi connectivity index (χ4n) is 1.67. The smallest absolute Gasteiger partial charge is 0.315 e. The molecule has 0 aromatic heterocycles. The van der Waals surface area contributed by atoms with Gasteiger partial charge in [0.05, 0.1) is 0 Å². The Balaban J connectivity index is 2.43. The average molecular weight is 265 g/mol. The first-order valence-electron chi connectivity index (χ1n) is 6.44. The molecule has 1 atom stereocenters. The number of hydrogen-bond donors (Lipinski definition) is 3. The van der Waals surface area contributed by atoms with Gasteiger partial charge in [-0.1, -0.05) is 12.1 Å². The summed E-state index contributed by atoms with van der Waals surface area (Å²) in [6, 6.07) is 7.77. The molecule has 0 radical (unpaired) electrons. The minimum absolute atomic E-state index is 0.0295. The molecule has 0 saturated heterocycles. The molecular formula is C14H23N3O2. The van der Waals surface area contributed by atoms with Gasteiger partial charge in [-0.15, -0.1) is 0 Å². The van der Waals surface area contributed by atoms with Crippen molar-refractivity contribution in [2.75, 3.05) is 25.6 Å². The number of benzene rings is 1. The molecule has 0 bridgehead atoms. The van der Waals surface area contributed by atoms with Crippen LogP contribution in [-0.4, -0.2) is 37.9 Å². The van der Waals surface area contributed by atoms with E-state index in [9.17, 15) is 4.79 Å². The highest BCUT2D eigenvalue weighted by molar-refractivity contribution is 5.74. The van der Waals surface area contributed by atoms with Crippen LogP contribution in [0.1, 0.15) is 18.9 Å². The van der Waals surface area contributed by atoms with Gasteiger partial charge in [0.2, 0.25) is 0 Å². The fourth-order valence-corrected chi connectivity index (χ4v) is 1.67. The molecule has 0 saturated carbocycles. The van der Waals surface area contributed by atoms with Gasteiger partial charge in [0, 0.05) is 39.0 Å². The molecule has 0 aliphatic heterocycles. The Morgan fingerprint density at radius 1 is 1.42 bits per heavy atom. The quantitative estimate of drug-likeness (QED) is 0.727. The third kappa shape index (κ3) is 5.61. The standard InChI is InChI=1S/C14H23N3O2/c1-11(7-8-18)16-14(19)15-10-12-5-4-6-13(9-12)17(2)3/h4-6,9,11,18H,7-8,10H2,1-3H3,(H2,15,16,19)/t11-/m1/s1. The number of nitrogens with zero attached hydrogens (tertiary/aromatic N) is 1. The lowest BCUT2D eigenvalue weighted by atomic mass is 10.2. The van der Waals surface area contributed by atoms with Gasteiger partial charge >= 0.3 is 6.03 Å². The Bertz CT molecular complexity index is 407. The summed E-state index contributed by atoms with van der Waals surface area (Å²) in [5, 5.41) is 14.3. The second kappa shape index (κ2) is 7.63. The zero-order valence-electron chi connectivity index (χ0n) is 11.8. The third-order valence-electron chi connectivity index (χ3n) is 2.82. The molecule has 2 amide bonds. The van der Waals surface area contributed by atoms with Crippen LogP contribution in [0.2, 0.25) is 0 Å². The van der Waals surface area contributed by atoms with Crippen LogP contribution in [0, 0.1) is 0 Å². The first-order valence-corrected chi connectivity index (χ1v) is 6.44.